The van der Waals surface area contributed by atoms with Gasteiger partial charge in [-0.2, -0.15) is 5.26 Å². The van der Waals surface area contributed by atoms with Gasteiger partial charge in [-0.15, -0.1) is 0 Å². The molecule has 0 radical (unpaired) electrons. The number of hydrogen-bond donors (Lipinski definition) is 1. The standard InChI is InChI=1S/C18H12N4O4/c1-26-16-7-6-11(9-15(16)22(24)25)8-12(10-19)17-20-14-5-3-2-4-13(14)18(23)21-17/h2-9H,1H3,(H,20,21,23). The topological polar surface area (TPSA) is 122 Å². The fourth-order valence-corrected chi connectivity index (χ4v) is 2.47. The van der Waals surface area contributed by atoms with Crippen LogP contribution in [0.25, 0.3) is 22.6 Å². The maximum atomic E-state index is 12.2. The molecule has 3 rings (SSSR count). The number of nitro benzene ring substituents is 1. The van der Waals surface area contributed by atoms with E-state index in [1.54, 1.807) is 30.3 Å². The molecule has 8 nitrogen and oxygen atoms in total. The highest BCUT2D eigenvalue weighted by molar-refractivity contribution is 5.89. The molecule has 1 N–H and O–H groups in total. The summed E-state index contributed by atoms with van der Waals surface area (Å²) in [5.41, 5.74) is 0.344. The molecule has 0 aliphatic rings. The second kappa shape index (κ2) is 6.86. The number of allylic oxidation sites excluding steroid dienone is 1. The molecule has 0 aliphatic heterocycles. The number of aromatic nitrogens is 2. The van der Waals surface area contributed by atoms with Crippen molar-refractivity contribution >= 4 is 28.2 Å². The zero-order valence-electron chi connectivity index (χ0n) is 13.6. The molecule has 0 bridgehead atoms. The monoisotopic (exact) mass is 348 g/mol. The molecular weight excluding hydrogens is 336 g/mol. The maximum absolute atomic E-state index is 12.2. The van der Waals surface area contributed by atoms with Crippen molar-refractivity contribution in [3.63, 3.8) is 0 Å². The van der Waals surface area contributed by atoms with Gasteiger partial charge in [0, 0.05) is 6.07 Å². The third-order valence-corrected chi connectivity index (χ3v) is 3.70. The zero-order chi connectivity index (χ0) is 18.7. The van der Waals surface area contributed by atoms with Gasteiger partial charge in [-0.05, 0) is 29.8 Å². The predicted molar refractivity (Wildman–Crippen MR) is 95.5 cm³/mol. The minimum atomic E-state index is -0.571. The van der Waals surface area contributed by atoms with Gasteiger partial charge in [0.1, 0.15) is 6.07 Å². The lowest BCUT2D eigenvalue weighted by atomic mass is 10.1. The first-order valence-corrected chi connectivity index (χ1v) is 7.47. The number of hydrogen-bond acceptors (Lipinski definition) is 6. The van der Waals surface area contributed by atoms with E-state index in [9.17, 15) is 20.2 Å². The zero-order valence-corrected chi connectivity index (χ0v) is 13.6. The van der Waals surface area contributed by atoms with Crippen LogP contribution in [-0.2, 0) is 0 Å². The first-order valence-electron chi connectivity index (χ1n) is 7.47. The maximum Gasteiger partial charge on any atom is 0.311 e. The SMILES string of the molecule is COc1ccc(C=C(C#N)c2nc3ccccc3c(=O)[nH]2)cc1[N+](=O)[O-]. The number of ether oxygens (including phenoxy) is 1. The number of nitriles is 1. The summed E-state index contributed by atoms with van der Waals surface area (Å²) in [6, 6.07) is 13.0. The fraction of sp³-hybridized carbons (Fsp3) is 0.0556. The molecule has 0 spiro atoms. The Morgan fingerprint density at radius 3 is 2.81 bits per heavy atom. The number of rotatable bonds is 4. The largest absolute Gasteiger partial charge is 0.490 e. The molecule has 0 aliphatic carbocycles. The Labute approximate surface area is 147 Å². The molecular formula is C18H12N4O4. The summed E-state index contributed by atoms with van der Waals surface area (Å²) in [6.07, 6.45) is 1.42. The van der Waals surface area contributed by atoms with E-state index in [4.69, 9.17) is 4.74 Å². The number of nitrogens with zero attached hydrogens (tertiary/aromatic N) is 3. The quantitative estimate of drug-likeness (QED) is 0.439. The molecule has 1 aromatic heterocycles. The summed E-state index contributed by atoms with van der Waals surface area (Å²) < 4.78 is 4.95. The summed E-state index contributed by atoms with van der Waals surface area (Å²) >= 11 is 0. The van der Waals surface area contributed by atoms with Crippen LogP contribution in [0.4, 0.5) is 5.69 Å². The van der Waals surface area contributed by atoms with Gasteiger partial charge in [0.25, 0.3) is 5.56 Å². The normalized spacial score (nSPS) is 11.2. The molecule has 2 aromatic carbocycles. The van der Waals surface area contributed by atoms with Gasteiger partial charge in [0.2, 0.25) is 0 Å². The van der Waals surface area contributed by atoms with Crippen LogP contribution < -0.4 is 10.3 Å². The summed E-state index contributed by atoms with van der Waals surface area (Å²) in [5, 5.41) is 21.0. The number of methoxy groups -OCH3 is 1. The Morgan fingerprint density at radius 1 is 1.35 bits per heavy atom. The minimum Gasteiger partial charge on any atom is -0.490 e. The first-order chi connectivity index (χ1) is 12.5. The molecule has 3 aromatic rings. The van der Waals surface area contributed by atoms with Crippen LogP contribution in [0.1, 0.15) is 11.4 Å². The van der Waals surface area contributed by atoms with Crippen molar-refractivity contribution in [2.75, 3.05) is 7.11 Å². The number of aromatic amines is 1. The average Bonchev–Trinajstić information content (AvgIpc) is 2.65. The number of para-hydroxylation sites is 1. The molecule has 0 amide bonds. The van der Waals surface area contributed by atoms with Crippen molar-refractivity contribution < 1.29 is 9.66 Å². The van der Waals surface area contributed by atoms with Crippen LogP contribution >= 0.6 is 0 Å². The van der Waals surface area contributed by atoms with E-state index >= 15 is 0 Å². The molecule has 26 heavy (non-hydrogen) atoms. The van der Waals surface area contributed by atoms with Crippen molar-refractivity contribution in [2.24, 2.45) is 0 Å². The van der Waals surface area contributed by atoms with Crippen molar-refractivity contribution in [1.29, 1.82) is 5.26 Å². The highest BCUT2D eigenvalue weighted by Crippen LogP contribution is 2.29. The second-order valence-electron chi connectivity index (χ2n) is 5.29. The summed E-state index contributed by atoms with van der Waals surface area (Å²) in [6.45, 7) is 0. The van der Waals surface area contributed by atoms with E-state index in [-0.39, 0.29) is 28.4 Å². The molecule has 0 fully saturated rings. The van der Waals surface area contributed by atoms with Crippen molar-refractivity contribution in [1.82, 2.24) is 9.97 Å². The van der Waals surface area contributed by atoms with Crippen molar-refractivity contribution in [3.8, 4) is 11.8 Å². The van der Waals surface area contributed by atoms with E-state index in [2.05, 4.69) is 9.97 Å². The smallest absolute Gasteiger partial charge is 0.311 e. The molecule has 0 saturated heterocycles. The third-order valence-electron chi connectivity index (χ3n) is 3.70. The predicted octanol–water partition coefficient (Wildman–Crippen LogP) is 2.90. The number of H-pyrrole nitrogens is 1. The minimum absolute atomic E-state index is 0.0762. The Balaban J connectivity index is 2.13. The van der Waals surface area contributed by atoms with Crippen LogP contribution in [0.5, 0.6) is 5.75 Å². The van der Waals surface area contributed by atoms with E-state index in [1.165, 1.54) is 25.3 Å². The molecule has 128 valence electrons. The molecule has 8 heteroatoms. The molecule has 1 heterocycles. The average molecular weight is 348 g/mol. The van der Waals surface area contributed by atoms with E-state index in [0.717, 1.165) is 0 Å². The molecule has 0 saturated carbocycles. The van der Waals surface area contributed by atoms with Gasteiger partial charge in [0.05, 0.1) is 28.5 Å². The number of nitrogens with one attached hydrogen (secondary N) is 1. The highest BCUT2D eigenvalue weighted by Gasteiger charge is 2.15. The lowest BCUT2D eigenvalue weighted by Crippen LogP contribution is -2.11. The van der Waals surface area contributed by atoms with E-state index < -0.39 is 4.92 Å². The number of benzene rings is 2. The van der Waals surface area contributed by atoms with Gasteiger partial charge < -0.3 is 9.72 Å². The van der Waals surface area contributed by atoms with Crippen molar-refractivity contribution in [3.05, 3.63) is 74.3 Å². The van der Waals surface area contributed by atoms with Crippen LogP contribution in [0.3, 0.4) is 0 Å². The summed E-state index contributed by atoms with van der Waals surface area (Å²) in [7, 11) is 1.34. The fourth-order valence-electron chi connectivity index (χ4n) is 2.47. The third kappa shape index (κ3) is 3.14. The van der Waals surface area contributed by atoms with Gasteiger partial charge in [-0.25, -0.2) is 4.98 Å². The first kappa shape index (κ1) is 16.9. The van der Waals surface area contributed by atoms with Crippen LogP contribution in [0.15, 0.2) is 47.3 Å². The molecule has 0 unspecified atom stereocenters. The Kier molecular flexibility index (Phi) is 4.45. The highest BCUT2D eigenvalue weighted by atomic mass is 16.6. The van der Waals surface area contributed by atoms with E-state index in [0.29, 0.717) is 16.5 Å². The van der Waals surface area contributed by atoms with Gasteiger partial charge in [-0.3, -0.25) is 14.9 Å². The summed E-state index contributed by atoms with van der Waals surface area (Å²) in [5.74, 6) is 0.206. The second-order valence-corrected chi connectivity index (χ2v) is 5.29. The van der Waals surface area contributed by atoms with Crippen LogP contribution in [0.2, 0.25) is 0 Å². The summed E-state index contributed by atoms with van der Waals surface area (Å²) in [4.78, 5) is 29.6. The van der Waals surface area contributed by atoms with E-state index in [1.807, 2.05) is 6.07 Å². The Bertz CT molecular complexity index is 1140. The number of nitro groups is 1. The van der Waals surface area contributed by atoms with Crippen LogP contribution in [-0.4, -0.2) is 22.0 Å². The lowest BCUT2D eigenvalue weighted by Gasteiger charge is -2.04. The van der Waals surface area contributed by atoms with Crippen LogP contribution in [0, 0.1) is 21.4 Å². The number of fused-ring (bicyclic) bond motifs is 1. The van der Waals surface area contributed by atoms with Gasteiger partial charge >= 0.3 is 5.69 Å². The Morgan fingerprint density at radius 2 is 2.12 bits per heavy atom. The van der Waals surface area contributed by atoms with Crippen molar-refractivity contribution in [2.45, 2.75) is 0 Å². The lowest BCUT2D eigenvalue weighted by molar-refractivity contribution is -0.385. The molecule has 0 atom stereocenters. The Hall–Kier alpha value is -3.99. The van der Waals surface area contributed by atoms with Gasteiger partial charge in [0.15, 0.2) is 11.6 Å². The van der Waals surface area contributed by atoms with Gasteiger partial charge in [-0.1, -0.05) is 18.2 Å².